The summed E-state index contributed by atoms with van der Waals surface area (Å²) in [5.41, 5.74) is 9.50. The number of pyridine rings is 1. The number of anilines is 1. The molecule has 98 valence electrons. The van der Waals surface area contributed by atoms with Crippen LogP contribution in [0.1, 0.15) is 17.0 Å². The lowest BCUT2D eigenvalue weighted by Crippen LogP contribution is -2.39. The van der Waals surface area contributed by atoms with Crippen LogP contribution in [0.25, 0.3) is 0 Å². The van der Waals surface area contributed by atoms with Crippen molar-refractivity contribution in [1.29, 1.82) is 0 Å². The molecule has 1 fully saturated rings. The summed E-state index contributed by atoms with van der Waals surface area (Å²) in [5, 5.41) is 0. The van der Waals surface area contributed by atoms with Gasteiger partial charge in [0.2, 0.25) is 0 Å². The van der Waals surface area contributed by atoms with Gasteiger partial charge in [0.25, 0.3) is 0 Å². The molecule has 2 heterocycles. The van der Waals surface area contributed by atoms with E-state index in [1.165, 1.54) is 0 Å². The van der Waals surface area contributed by atoms with Crippen molar-refractivity contribution in [3.05, 3.63) is 23.0 Å². The lowest BCUT2D eigenvalue weighted by atomic mass is 10.1. The van der Waals surface area contributed by atoms with Crippen molar-refractivity contribution in [1.82, 2.24) is 4.98 Å². The van der Waals surface area contributed by atoms with Crippen LogP contribution in [0, 0.1) is 13.8 Å². The summed E-state index contributed by atoms with van der Waals surface area (Å²) in [4.78, 5) is 6.99. The Morgan fingerprint density at radius 2 is 2.06 bits per heavy atom. The molecule has 1 aromatic rings. The van der Waals surface area contributed by atoms with Gasteiger partial charge in [0.15, 0.2) is 0 Å². The van der Waals surface area contributed by atoms with Crippen molar-refractivity contribution in [3.63, 3.8) is 0 Å². The summed E-state index contributed by atoms with van der Waals surface area (Å²) in [7, 11) is -0.684. The van der Waals surface area contributed by atoms with Crippen LogP contribution in [0.4, 0.5) is 5.69 Å². The number of thiocarbonyl (C=S) groups is 1. The number of aryl methyl sites for hydroxylation is 2. The van der Waals surface area contributed by atoms with Crippen molar-refractivity contribution in [2.45, 2.75) is 13.8 Å². The topological polar surface area (TPSA) is 59.2 Å². The zero-order chi connectivity index (χ0) is 13.3. The zero-order valence-electron chi connectivity index (χ0n) is 10.6. The fourth-order valence-corrected chi connectivity index (χ4v) is 3.55. The molecule has 0 unspecified atom stereocenters. The molecule has 4 nitrogen and oxygen atoms in total. The summed E-state index contributed by atoms with van der Waals surface area (Å²) in [6.07, 6.45) is 0. The molecule has 0 saturated carbocycles. The number of hydrogen-bond donors (Lipinski definition) is 1. The van der Waals surface area contributed by atoms with Gasteiger partial charge >= 0.3 is 0 Å². The minimum atomic E-state index is -0.684. The van der Waals surface area contributed by atoms with Crippen molar-refractivity contribution < 1.29 is 4.21 Å². The Hall–Kier alpha value is -1.01. The highest BCUT2D eigenvalue weighted by atomic mass is 32.2. The Morgan fingerprint density at radius 3 is 2.61 bits per heavy atom. The summed E-state index contributed by atoms with van der Waals surface area (Å²) in [6, 6.07) is 2.01. The molecule has 1 aromatic heterocycles. The fourth-order valence-electron chi connectivity index (χ4n) is 2.24. The standard InChI is InChI=1S/C12H17N3OS2/c1-8-7-10(11(12(13)17)9(2)14-8)15-3-5-18(16)6-4-15/h7H,3-6H2,1-2H3,(H2,13,17). The molecule has 0 atom stereocenters. The summed E-state index contributed by atoms with van der Waals surface area (Å²) in [6.45, 7) is 5.45. The van der Waals surface area contributed by atoms with Gasteiger partial charge in [-0.1, -0.05) is 12.2 Å². The summed E-state index contributed by atoms with van der Waals surface area (Å²) < 4.78 is 11.4. The minimum Gasteiger partial charge on any atom is -0.389 e. The van der Waals surface area contributed by atoms with E-state index in [-0.39, 0.29) is 0 Å². The van der Waals surface area contributed by atoms with E-state index in [1.54, 1.807) is 0 Å². The normalized spacial score (nSPS) is 16.9. The molecular weight excluding hydrogens is 266 g/mol. The predicted octanol–water partition coefficient (Wildman–Crippen LogP) is 0.901. The molecule has 0 radical (unpaired) electrons. The smallest absolute Gasteiger partial charge is 0.107 e. The quantitative estimate of drug-likeness (QED) is 0.817. The molecular formula is C12H17N3OS2. The molecule has 6 heteroatoms. The number of nitrogens with two attached hydrogens (primary N) is 1. The van der Waals surface area contributed by atoms with Gasteiger partial charge < -0.3 is 10.6 Å². The van der Waals surface area contributed by atoms with E-state index in [9.17, 15) is 4.21 Å². The third-order valence-corrected chi connectivity index (χ3v) is 4.55. The van der Waals surface area contributed by atoms with E-state index in [2.05, 4.69) is 9.88 Å². The average molecular weight is 283 g/mol. The molecule has 0 aliphatic carbocycles. The van der Waals surface area contributed by atoms with Gasteiger partial charge in [-0.3, -0.25) is 9.19 Å². The van der Waals surface area contributed by atoms with E-state index in [4.69, 9.17) is 18.0 Å². The zero-order valence-corrected chi connectivity index (χ0v) is 12.2. The second kappa shape index (κ2) is 5.32. The van der Waals surface area contributed by atoms with E-state index in [0.717, 1.165) is 35.7 Å². The highest BCUT2D eigenvalue weighted by Crippen LogP contribution is 2.25. The number of nitrogens with zero attached hydrogens (tertiary/aromatic N) is 2. The largest absolute Gasteiger partial charge is 0.389 e. The molecule has 0 aromatic carbocycles. The van der Waals surface area contributed by atoms with Gasteiger partial charge in [-0.05, 0) is 19.9 Å². The monoisotopic (exact) mass is 283 g/mol. The summed E-state index contributed by atoms with van der Waals surface area (Å²) in [5.74, 6) is 1.41. The molecule has 18 heavy (non-hydrogen) atoms. The number of aromatic nitrogens is 1. The Labute approximate surface area is 115 Å². The van der Waals surface area contributed by atoms with E-state index in [1.807, 2.05) is 19.9 Å². The van der Waals surface area contributed by atoms with Crippen LogP contribution in [0.2, 0.25) is 0 Å². The summed E-state index contributed by atoms with van der Waals surface area (Å²) >= 11 is 5.12. The Morgan fingerprint density at radius 1 is 1.44 bits per heavy atom. The highest BCUT2D eigenvalue weighted by molar-refractivity contribution is 7.85. The SMILES string of the molecule is Cc1cc(N2CCS(=O)CC2)c(C(N)=S)c(C)n1. The van der Waals surface area contributed by atoms with Crippen molar-refractivity contribution in [2.75, 3.05) is 29.5 Å². The maximum absolute atomic E-state index is 11.4. The van der Waals surface area contributed by atoms with E-state index >= 15 is 0 Å². The van der Waals surface area contributed by atoms with Crippen LogP contribution in [-0.4, -0.2) is 38.8 Å². The Kier molecular flexibility index (Phi) is 3.97. The second-order valence-electron chi connectivity index (χ2n) is 4.44. The van der Waals surface area contributed by atoms with Gasteiger partial charge in [-0.2, -0.15) is 0 Å². The van der Waals surface area contributed by atoms with E-state index in [0.29, 0.717) is 16.5 Å². The first-order valence-corrected chi connectivity index (χ1v) is 7.76. The molecule has 0 bridgehead atoms. The maximum atomic E-state index is 11.4. The fraction of sp³-hybridized carbons (Fsp3) is 0.500. The van der Waals surface area contributed by atoms with Crippen LogP contribution in [-0.2, 0) is 10.8 Å². The van der Waals surface area contributed by atoms with Crippen LogP contribution < -0.4 is 10.6 Å². The first kappa shape index (κ1) is 13.4. The molecule has 0 spiro atoms. The third kappa shape index (κ3) is 2.70. The molecule has 1 aliphatic heterocycles. The third-order valence-electron chi connectivity index (χ3n) is 3.07. The van der Waals surface area contributed by atoms with Crippen molar-refractivity contribution >= 4 is 33.7 Å². The van der Waals surface area contributed by atoms with Gasteiger partial charge in [0.1, 0.15) is 4.99 Å². The van der Waals surface area contributed by atoms with Gasteiger partial charge in [0, 0.05) is 46.8 Å². The maximum Gasteiger partial charge on any atom is 0.107 e. The number of rotatable bonds is 2. The van der Waals surface area contributed by atoms with Gasteiger partial charge in [0.05, 0.1) is 11.3 Å². The Balaban J connectivity index is 2.42. The van der Waals surface area contributed by atoms with Gasteiger partial charge in [-0.15, -0.1) is 0 Å². The lowest BCUT2D eigenvalue weighted by molar-refractivity contribution is 0.673. The number of hydrogen-bond acceptors (Lipinski definition) is 4. The molecule has 2 N–H and O–H groups in total. The van der Waals surface area contributed by atoms with Crippen molar-refractivity contribution in [2.24, 2.45) is 5.73 Å². The Bertz CT molecular complexity index is 506. The second-order valence-corrected chi connectivity index (χ2v) is 6.58. The van der Waals surface area contributed by atoms with Crippen LogP contribution in [0.15, 0.2) is 6.07 Å². The van der Waals surface area contributed by atoms with E-state index < -0.39 is 10.8 Å². The van der Waals surface area contributed by atoms with Crippen molar-refractivity contribution in [3.8, 4) is 0 Å². The first-order chi connectivity index (χ1) is 8.49. The predicted molar refractivity (Wildman–Crippen MR) is 79.7 cm³/mol. The van der Waals surface area contributed by atoms with Gasteiger partial charge in [-0.25, -0.2) is 0 Å². The molecule has 1 saturated heterocycles. The first-order valence-electron chi connectivity index (χ1n) is 5.87. The molecule has 1 aliphatic rings. The average Bonchev–Trinajstić information content (AvgIpc) is 2.28. The molecule has 0 amide bonds. The van der Waals surface area contributed by atoms with Crippen LogP contribution in [0.5, 0.6) is 0 Å². The van der Waals surface area contributed by atoms with Crippen LogP contribution >= 0.6 is 12.2 Å². The molecule has 2 rings (SSSR count). The minimum absolute atomic E-state index is 0.377. The van der Waals surface area contributed by atoms with Crippen LogP contribution in [0.3, 0.4) is 0 Å². The highest BCUT2D eigenvalue weighted by Gasteiger charge is 2.21. The lowest BCUT2D eigenvalue weighted by Gasteiger charge is -2.30.